The molecule has 2 N–H and O–H groups in total. The van der Waals surface area contributed by atoms with Crippen LogP contribution in [-0.2, 0) is 9.53 Å². The van der Waals surface area contributed by atoms with Crippen LogP contribution in [-0.4, -0.2) is 54.8 Å². The molecule has 1 fully saturated rings. The molecule has 1 unspecified atom stereocenters. The Hall–Kier alpha value is -1.85. The summed E-state index contributed by atoms with van der Waals surface area (Å²) in [5, 5.41) is 18.8. The highest BCUT2D eigenvalue weighted by molar-refractivity contribution is 5.95. The fourth-order valence-corrected chi connectivity index (χ4v) is 3.20. The normalized spacial score (nSPS) is 19.4. The molecule has 33 heavy (non-hydrogen) atoms. The summed E-state index contributed by atoms with van der Waals surface area (Å²) in [7, 11) is 1.01. The number of rotatable bonds is 5. The highest BCUT2D eigenvalue weighted by Gasteiger charge is 2.39. The van der Waals surface area contributed by atoms with Gasteiger partial charge in [0, 0.05) is 25.3 Å². The van der Waals surface area contributed by atoms with Crippen LogP contribution in [0.5, 0.6) is 0 Å². The van der Waals surface area contributed by atoms with Gasteiger partial charge in [0.25, 0.3) is 0 Å². The molecule has 5 nitrogen and oxygen atoms in total. The predicted molar refractivity (Wildman–Crippen MR) is 113 cm³/mol. The van der Waals surface area contributed by atoms with Gasteiger partial charge in [-0.3, -0.25) is 4.79 Å². The second-order valence-corrected chi connectivity index (χ2v) is 7.17. The van der Waals surface area contributed by atoms with Gasteiger partial charge < -0.3 is 19.8 Å². The Morgan fingerprint density at radius 2 is 1.55 bits per heavy atom. The lowest BCUT2D eigenvalue weighted by molar-refractivity contribution is -0.206. The summed E-state index contributed by atoms with van der Waals surface area (Å²) in [4.78, 5) is 14.2. The largest absolute Gasteiger partial charge is 0.418 e. The van der Waals surface area contributed by atoms with Crippen LogP contribution in [0.1, 0.15) is 58.1 Å². The van der Waals surface area contributed by atoms with Crippen LogP contribution in [0.15, 0.2) is 24.3 Å². The molecule has 0 aromatic heterocycles. The number of halogens is 6. The van der Waals surface area contributed by atoms with Crippen molar-refractivity contribution in [1.29, 1.82) is 0 Å². The van der Waals surface area contributed by atoms with E-state index in [1.807, 2.05) is 13.8 Å². The van der Waals surface area contributed by atoms with E-state index in [0.29, 0.717) is 37.9 Å². The van der Waals surface area contributed by atoms with Gasteiger partial charge in [-0.15, -0.1) is 0 Å². The van der Waals surface area contributed by atoms with E-state index in [4.69, 9.17) is 0 Å². The van der Waals surface area contributed by atoms with Gasteiger partial charge in [0.2, 0.25) is 5.91 Å². The minimum atomic E-state index is -4.72. The number of ether oxygens (including phenoxy) is 1. The maximum atomic E-state index is 12.6. The molecule has 0 radical (unpaired) electrons. The Morgan fingerprint density at radius 1 is 1.06 bits per heavy atom. The number of hydrogen-bond donors (Lipinski definition) is 2. The standard InChI is InChI=1S/C17H22F3NO3.C3H5F3O.C2H6/c1-2-21(16(24)12-5-9-14(22)10-6-12)13-7-3-11(4-8-13)15(23)17(18,19)20;1-7-2-3(4,5)6;1-2/h3-4,7-8,12,14-15,22-23H,2,5-6,9-10H2,1H3;2H2,1H3;1-2H3. The molecule has 0 aliphatic heterocycles. The van der Waals surface area contributed by atoms with Crippen molar-refractivity contribution in [2.24, 2.45) is 5.92 Å². The molecule has 192 valence electrons. The van der Waals surface area contributed by atoms with Gasteiger partial charge in [-0.05, 0) is 50.3 Å². The third-order valence-corrected chi connectivity index (χ3v) is 4.77. The number of hydrogen-bond acceptors (Lipinski definition) is 4. The number of aliphatic hydroxyl groups excluding tert-OH is 2. The number of nitrogens with zero attached hydrogens (tertiary/aromatic N) is 1. The Balaban J connectivity index is 0.000000973. The molecule has 1 aromatic carbocycles. The molecule has 1 aromatic rings. The summed E-state index contributed by atoms with van der Waals surface area (Å²) in [6, 6.07) is 5.22. The Morgan fingerprint density at radius 3 is 1.88 bits per heavy atom. The van der Waals surface area contributed by atoms with E-state index in [9.17, 15) is 41.4 Å². The van der Waals surface area contributed by atoms with Crippen LogP contribution >= 0.6 is 0 Å². The topological polar surface area (TPSA) is 70.0 Å². The van der Waals surface area contributed by atoms with E-state index in [2.05, 4.69) is 4.74 Å². The van der Waals surface area contributed by atoms with E-state index in [1.165, 1.54) is 29.2 Å². The number of alkyl halides is 6. The molecular formula is C22H33F6NO4. The number of methoxy groups -OCH3 is 1. The summed E-state index contributed by atoms with van der Waals surface area (Å²) < 4.78 is 74.2. The monoisotopic (exact) mass is 489 g/mol. The SMILES string of the molecule is CC.CCN(C(=O)C1CCC(O)CC1)c1ccc(C(O)C(F)(F)F)cc1.COCC(F)(F)F. The van der Waals surface area contributed by atoms with Crippen LogP contribution in [0.3, 0.4) is 0 Å². The first kappa shape index (κ1) is 31.1. The highest BCUT2D eigenvalue weighted by atomic mass is 19.4. The summed E-state index contributed by atoms with van der Waals surface area (Å²) >= 11 is 0. The third kappa shape index (κ3) is 11.2. The van der Waals surface area contributed by atoms with Gasteiger partial charge in [0.05, 0.1) is 6.10 Å². The Kier molecular flexibility index (Phi) is 13.6. The van der Waals surface area contributed by atoms with Crippen molar-refractivity contribution in [2.75, 3.05) is 25.2 Å². The minimum Gasteiger partial charge on any atom is -0.393 e. The van der Waals surface area contributed by atoms with E-state index in [0.717, 1.165) is 7.11 Å². The maximum absolute atomic E-state index is 12.6. The fourth-order valence-electron chi connectivity index (χ4n) is 3.20. The summed E-state index contributed by atoms with van der Waals surface area (Å²) in [6.45, 7) is 5.04. The number of carbonyl (C=O) groups excluding carboxylic acids is 1. The van der Waals surface area contributed by atoms with Crippen molar-refractivity contribution in [2.45, 2.75) is 71.0 Å². The van der Waals surface area contributed by atoms with Crippen molar-refractivity contribution in [1.82, 2.24) is 0 Å². The first-order valence-electron chi connectivity index (χ1n) is 10.7. The average Bonchev–Trinajstić information content (AvgIpc) is 2.75. The zero-order valence-electron chi connectivity index (χ0n) is 19.2. The molecule has 1 atom stereocenters. The molecule has 11 heteroatoms. The molecule has 0 spiro atoms. The average molecular weight is 489 g/mol. The Labute approximate surface area is 190 Å². The molecule has 2 rings (SSSR count). The second-order valence-electron chi connectivity index (χ2n) is 7.17. The Bertz CT molecular complexity index is 671. The number of aliphatic hydroxyl groups is 2. The lowest BCUT2D eigenvalue weighted by Gasteiger charge is -2.30. The van der Waals surface area contributed by atoms with Crippen molar-refractivity contribution < 1.29 is 46.1 Å². The highest BCUT2D eigenvalue weighted by Crippen LogP contribution is 2.34. The fraction of sp³-hybridized carbons (Fsp3) is 0.682. The molecular weight excluding hydrogens is 456 g/mol. The number of amides is 1. The predicted octanol–water partition coefficient (Wildman–Crippen LogP) is 5.41. The van der Waals surface area contributed by atoms with Gasteiger partial charge in [-0.25, -0.2) is 0 Å². The second kappa shape index (κ2) is 14.4. The first-order chi connectivity index (χ1) is 15.3. The summed E-state index contributed by atoms with van der Waals surface area (Å²) in [6.07, 6.45) is -9.37. The quantitative estimate of drug-likeness (QED) is 0.543. The zero-order valence-corrected chi connectivity index (χ0v) is 19.2. The van der Waals surface area contributed by atoms with Gasteiger partial charge in [-0.2, -0.15) is 26.3 Å². The van der Waals surface area contributed by atoms with Crippen molar-refractivity contribution in [3.63, 3.8) is 0 Å². The number of benzene rings is 1. The molecule has 1 amide bonds. The van der Waals surface area contributed by atoms with Gasteiger partial charge >= 0.3 is 12.4 Å². The van der Waals surface area contributed by atoms with Crippen molar-refractivity contribution >= 4 is 11.6 Å². The summed E-state index contributed by atoms with van der Waals surface area (Å²) in [5.74, 6) is -0.248. The van der Waals surface area contributed by atoms with Gasteiger partial charge in [0.15, 0.2) is 6.10 Å². The van der Waals surface area contributed by atoms with Gasteiger partial charge in [0.1, 0.15) is 6.61 Å². The lowest BCUT2D eigenvalue weighted by Crippen LogP contribution is -2.38. The van der Waals surface area contributed by atoms with E-state index in [1.54, 1.807) is 6.92 Å². The molecule has 0 bridgehead atoms. The van der Waals surface area contributed by atoms with E-state index in [-0.39, 0.29) is 23.5 Å². The maximum Gasteiger partial charge on any atom is 0.418 e. The molecule has 0 heterocycles. The minimum absolute atomic E-state index is 0.0754. The number of anilines is 1. The van der Waals surface area contributed by atoms with Crippen molar-refractivity contribution in [3.05, 3.63) is 29.8 Å². The van der Waals surface area contributed by atoms with E-state index >= 15 is 0 Å². The molecule has 1 aliphatic carbocycles. The van der Waals surface area contributed by atoms with Gasteiger partial charge in [-0.1, -0.05) is 26.0 Å². The third-order valence-electron chi connectivity index (χ3n) is 4.77. The van der Waals surface area contributed by atoms with Crippen LogP contribution < -0.4 is 4.90 Å². The first-order valence-corrected chi connectivity index (χ1v) is 10.7. The van der Waals surface area contributed by atoms with Crippen molar-refractivity contribution in [3.8, 4) is 0 Å². The summed E-state index contributed by atoms with van der Waals surface area (Å²) in [5.41, 5.74) is 0.252. The van der Waals surface area contributed by atoms with Crippen LogP contribution in [0, 0.1) is 5.92 Å². The van der Waals surface area contributed by atoms with Crippen LogP contribution in [0.25, 0.3) is 0 Å². The lowest BCUT2D eigenvalue weighted by atomic mass is 9.86. The molecule has 0 saturated heterocycles. The molecule has 1 saturated carbocycles. The number of carbonyl (C=O) groups is 1. The zero-order chi connectivity index (χ0) is 25.8. The van der Waals surface area contributed by atoms with Crippen LogP contribution in [0.4, 0.5) is 32.0 Å². The van der Waals surface area contributed by atoms with Crippen LogP contribution in [0.2, 0.25) is 0 Å². The molecule has 1 aliphatic rings. The smallest absolute Gasteiger partial charge is 0.393 e. The van der Waals surface area contributed by atoms with E-state index < -0.39 is 25.1 Å².